The maximum Gasteiger partial charge on any atom is 0.0737 e. The third-order valence-electron chi connectivity index (χ3n) is 5.55. The Morgan fingerprint density at radius 1 is 1.00 bits per heavy atom. The van der Waals surface area contributed by atoms with Crippen LogP contribution in [0.3, 0.4) is 0 Å². The van der Waals surface area contributed by atoms with Crippen LogP contribution in [0.5, 0.6) is 0 Å². The molecule has 146 valence electrons. The van der Waals surface area contributed by atoms with Gasteiger partial charge in [0.25, 0.3) is 0 Å². The summed E-state index contributed by atoms with van der Waals surface area (Å²) in [7, 11) is 0. The molecule has 5 heteroatoms. The van der Waals surface area contributed by atoms with E-state index in [0.717, 1.165) is 28.2 Å². The van der Waals surface area contributed by atoms with E-state index in [1.807, 2.05) is 18.3 Å². The molecule has 0 unspecified atom stereocenters. The predicted molar refractivity (Wildman–Crippen MR) is 121 cm³/mol. The fourth-order valence-corrected chi connectivity index (χ4v) is 4.49. The summed E-state index contributed by atoms with van der Waals surface area (Å²) < 4.78 is 0. The molecule has 1 saturated carbocycles. The van der Waals surface area contributed by atoms with E-state index in [4.69, 9.17) is 11.6 Å². The van der Waals surface area contributed by atoms with Gasteiger partial charge in [0.05, 0.1) is 5.52 Å². The van der Waals surface area contributed by atoms with Gasteiger partial charge >= 0.3 is 0 Å². The number of anilines is 1. The van der Waals surface area contributed by atoms with Crippen molar-refractivity contribution in [3.63, 3.8) is 0 Å². The smallest absolute Gasteiger partial charge is 0.0737 e. The van der Waals surface area contributed by atoms with E-state index in [-0.39, 0.29) is 0 Å². The van der Waals surface area contributed by atoms with Gasteiger partial charge in [-0.25, -0.2) is 0 Å². The zero-order valence-electron chi connectivity index (χ0n) is 16.1. The Balaban J connectivity index is 1.29. The first-order valence-electron chi connectivity index (χ1n) is 9.88. The second kappa shape index (κ2) is 9.17. The largest absolute Gasteiger partial charge is 0.382 e. The molecule has 3 aromatic rings. The molecule has 0 bridgehead atoms. The maximum absolute atomic E-state index is 6.10. The van der Waals surface area contributed by atoms with Crippen LogP contribution < -0.4 is 10.6 Å². The number of thioether (sulfide) groups is 1. The highest BCUT2D eigenvalue weighted by molar-refractivity contribution is 7.98. The number of fused-ring (bicyclic) bond motifs is 1. The Hall–Kier alpha value is -1.75. The Labute approximate surface area is 176 Å². The minimum atomic E-state index is 0.514. The highest BCUT2D eigenvalue weighted by atomic mass is 35.5. The second-order valence-electron chi connectivity index (χ2n) is 7.44. The van der Waals surface area contributed by atoms with Crippen molar-refractivity contribution in [2.24, 2.45) is 0 Å². The number of halogens is 1. The number of benzene rings is 2. The summed E-state index contributed by atoms with van der Waals surface area (Å²) >= 11 is 7.89. The number of rotatable bonds is 6. The summed E-state index contributed by atoms with van der Waals surface area (Å²) in [5.41, 5.74) is 3.47. The summed E-state index contributed by atoms with van der Waals surface area (Å²) in [5.74, 6) is 0. The van der Waals surface area contributed by atoms with Crippen LogP contribution in [0.2, 0.25) is 5.02 Å². The lowest BCUT2D eigenvalue weighted by atomic mass is 9.90. The third-order valence-corrected chi connectivity index (χ3v) is 6.52. The summed E-state index contributed by atoms with van der Waals surface area (Å²) in [5, 5.41) is 9.34. The van der Waals surface area contributed by atoms with E-state index in [9.17, 15) is 0 Å². The summed E-state index contributed by atoms with van der Waals surface area (Å²) in [6, 6.07) is 18.0. The summed E-state index contributed by atoms with van der Waals surface area (Å²) in [6.45, 7) is 0.952. The number of nitrogens with one attached hydrogen (secondary N) is 2. The lowest BCUT2D eigenvalue weighted by Crippen LogP contribution is -2.36. The minimum absolute atomic E-state index is 0.514. The van der Waals surface area contributed by atoms with Gasteiger partial charge in [-0.2, -0.15) is 0 Å². The predicted octanol–water partition coefficient (Wildman–Crippen LogP) is 6.12. The molecule has 2 aromatic carbocycles. The number of hydrogen-bond acceptors (Lipinski definition) is 4. The van der Waals surface area contributed by atoms with Crippen LogP contribution >= 0.6 is 23.4 Å². The molecule has 0 aliphatic heterocycles. The highest BCUT2D eigenvalue weighted by Crippen LogP contribution is 2.28. The van der Waals surface area contributed by atoms with Gasteiger partial charge in [0, 0.05) is 45.8 Å². The molecule has 1 aliphatic rings. The van der Waals surface area contributed by atoms with Crippen LogP contribution in [-0.4, -0.2) is 23.3 Å². The average Bonchev–Trinajstić information content (AvgIpc) is 2.73. The van der Waals surface area contributed by atoms with E-state index in [0.29, 0.717) is 12.1 Å². The average molecular weight is 412 g/mol. The van der Waals surface area contributed by atoms with Crippen LogP contribution in [0.1, 0.15) is 31.2 Å². The fourth-order valence-electron chi connectivity index (χ4n) is 3.91. The van der Waals surface area contributed by atoms with Crippen molar-refractivity contribution in [3.8, 4) is 0 Å². The molecule has 0 radical (unpaired) electrons. The van der Waals surface area contributed by atoms with Crippen LogP contribution in [-0.2, 0) is 6.54 Å². The molecule has 1 aliphatic carbocycles. The molecular weight excluding hydrogens is 386 g/mol. The van der Waals surface area contributed by atoms with Gasteiger partial charge in [-0.15, -0.1) is 11.8 Å². The Morgan fingerprint density at radius 2 is 1.75 bits per heavy atom. The quantitative estimate of drug-likeness (QED) is 0.479. The SMILES string of the molecule is CSc1ccc(CN[C@H]2CC[C@@H](Nc3ccnc4cc(Cl)ccc34)CC2)cc1. The van der Waals surface area contributed by atoms with Gasteiger partial charge in [-0.05, 0) is 73.9 Å². The summed E-state index contributed by atoms with van der Waals surface area (Å²) in [4.78, 5) is 5.76. The number of pyridine rings is 1. The topological polar surface area (TPSA) is 37.0 Å². The second-order valence-corrected chi connectivity index (χ2v) is 8.76. The lowest BCUT2D eigenvalue weighted by molar-refractivity contribution is 0.353. The molecule has 4 rings (SSSR count). The molecule has 1 fully saturated rings. The van der Waals surface area contributed by atoms with E-state index in [2.05, 4.69) is 58.3 Å². The highest BCUT2D eigenvalue weighted by Gasteiger charge is 2.21. The van der Waals surface area contributed by atoms with Crippen molar-refractivity contribution in [1.82, 2.24) is 10.3 Å². The standard InChI is InChI=1S/C23H26ClN3S/c1-28-20-9-2-16(3-10-20)15-26-18-5-7-19(8-6-18)27-22-12-13-25-23-14-17(24)4-11-21(22)23/h2-4,9-14,18-19,26H,5-8,15H2,1H3,(H,25,27)/t18-,19+. The lowest BCUT2D eigenvalue weighted by Gasteiger charge is -2.30. The first kappa shape index (κ1) is 19.6. The third kappa shape index (κ3) is 4.80. The molecule has 0 spiro atoms. The molecule has 1 heterocycles. The van der Waals surface area contributed by atoms with Gasteiger partial charge in [0.1, 0.15) is 0 Å². The molecule has 0 saturated heterocycles. The van der Waals surface area contributed by atoms with Crippen molar-refractivity contribution in [3.05, 3.63) is 65.3 Å². The van der Waals surface area contributed by atoms with Crippen LogP contribution in [0.4, 0.5) is 5.69 Å². The van der Waals surface area contributed by atoms with Crippen molar-refractivity contribution in [2.75, 3.05) is 11.6 Å². The van der Waals surface area contributed by atoms with Gasteiger partial charge in [0.2, 0.25) is 0 Å². The zero-order valence-corrected chi connectivity index (χ0v) is 17.7. The molecule has 2 N–H and O–H groups in total. The number of aromatic nitrogens is 1. The normalized spacial score (nSPS) is 19.6. The Kier molecular flexibility index (Phi) is 6.40. The van der Waals surface area contributed by atoms with Crippen molar-refractivity contribution < 1.29 is 0 Å². The number of hydrogen-bond donors (Lipinski definition) is 2. The fraction of sp³-hybridized carbons (Fsp3) is 0.348. The van der Waals surface area contributed by atoms with E-state index in [1.165, 1.54) is 36.1 Å². The Morgan fingerprint density at radius 3 is 2.50 bits per heavy atom. The zero-order chi connectivity index (χ0) is 19.3. The van der Waals surface area contributed by atoms with Crippen molar-refractivity contribution in [1.29, 1.82) is 0 Å². The van der Waals surface area contributed by atoms with Crippen LogP contribution in [0, 0.1) is 0 Å². The molecule has 1 aromatic heterocycles. The first-order valence-corrected chi connectivity index (χ1v) is 11.5. The molecular formula is C23H26ClN3S. The van der Waals surface area contributed by atoms with Gasteiger partial charge in [0.15, 0.2) is 0 Å². The molecule has 28 heavy (non-hydrogen) atoms. The van der Waals surface area contributed by atoms with E-state index in [1.54, 1.807) is 11.8 Å². The Bertz CT molecular complexity index is 921. The number of nitrogens with zero attached hydrogens (tertiary/aromatic N) is 1. The van der Waals surface area contributed by atoms with Gasteiger partial charge < -0.3 is 10.6 Å². The molecule has 3 nitrogen and oxygen atoms in total. The van der Waals surface area contributed by atoms with Crippen LogP contribution in [0.15, 0.2) is 59.6 Å². The van der Waals surface area contributed by atoms with Crippen LogP contribution in [0.25, 0.3) is 10.9 Å². The van der Waals surface area contributed by atoms with Crippen molar-refractivity contribution in [2.45, 2.75) is 49.2 Å². The maximum atomic E-state index is 6.10. The van der Waals surface area contributed by atoms with Crippen molar-refractivity contribution >= 4 is 40.0 Å². The minimum Gasteiger partial charge on any atom is -0.382 e. The molecule has 0 amide bonds. The van der Waals surface area contributed by atoms with Gasteiger partial charge in [-0.3, -0.25) is 4.98 Å². The molecule has 0 atom stereocenters. The summed E-state index contributed by atoms with van der Waals surface area (Å²) in [6.07, 6.45) is 8.74. The van der Waals surface area contributed by atoms with E-state index < -0.39 is 0 Å². The first-order chi connectivity index (χ1) is 13.7. The van der Waals surface area contributed by atoms with E-state index >= 15 is 0 Å². The monoisotopic (exact) mass is 411 g/mol. The van der Waals surface area contributed by atoms with Gasteiger partial charge in [-0.1, -0.05) is 23.7 Å².